The van der Waals surface area contributed by atoms with Crippen LogP contribution < -0.4 is 10.2 Å². The second-order valence-corrected chi connectivity index (χ2v) is 4.73. The minimum absolute atomic E-state index is 0.505. The van der Waals surface area contributed by atoms with E-state index < -0.39 is 0 Å². The van der Waals surface area contributed by atoms with Crippen molar-refractivity contribution in [3.05, 3.63) is 22.7 Å². The van der Waals surface area contributed by atoms with Crippen LogP contribution in [0.25, 0.3) is 0 Å². The monoisotopic (exact) mass is 224 g/mol. The third-order valence-electron chi connectivity index (χ3n) is 3.08. The Morgan fingerprint density at radius 2 is 2.20 bits per heavy atom. The van der Waals surface area contributed by atoms with E-state index in [2.05, 4.69) is 37.2 Å². The van der Waals surface area contributed by atoms with Crippen molar-refractivity contribution in [2.45, 2.75) is 26.3 Å². The maximum Gasteiger partial charge on any atom is 0.0624 e. The maximum absolute atomic E-state index is 6.14. The Hall–Kier alpha value is -0.890. The zero-order chi connectivity index (χ0) is 11.0. The lowest BCUT2D eigenvalue weighted by Gasteiger charge is -2.20. The highest BCUT2D eigenvalue weighted by atomic mass is 35.5. The summed E-state index contributed by atoms with van der Waals surface area (Å²) >= 11 is 6.14. The van der Waals surface area contributed by atoms with Crippen LogP contribution in [0.15, 0.2) is 12.1 Å². The molecule has 1 N–H and O–H groups in total. The van der Waals surface area contributed by atoms with Gasteiger partial charge in [-0.2, -0.15) is 0 Å². The van der Waals surface area contributed by atoms with Crippen LogP contribution in [0.1, 0.15) is 18.9 Å². The van der Waals surface area contributed by atoms with Crippen molar-refractivity contribution < 1.29 is 0 Å². The fraction of sp³-hybridized carbons (Fsp3) is 0.500. The van der Waals surface area contributed by atoms with Gasteiger partial charge in [-0.05, 0) is 38.0 Å². The van der Waals surface area contributed by atoms with E-state index in [9.17, 15) is 0 Å². The van der Waals surface area contributed by atoms with Crippen LogP contribution in [-0.2, 0) is 0 Å². The minimum atomic E-state index is 0.505. The van der Waals surface area contributed by atoms with Crippen molar-refractivity contribution in [3.8, 4) is 0 Å². The maximum atomic E-state index is 6.14. The molecule has 0 radical (unpaired) electrons. The Morgan fingerprint density at radius 3 is 2.93 bits per heavy atom. The van der Waals surface area contributed by atoms with Crippen LogP contribution in [0, 0.1) is 6.92 Å². The number of nitrogens with zero attached hydrogens (tertiary/aromatic N) is 1. The summed E-state index contributed by atoms with van der Waals surface area (Å²) in [6, 6.07) is 4.57. The molecule has 1 aliphatic heterocycles. The molecule has 82 valence electrons. The number of benzene rings is 1. The minimum Gasteiger partial charge on any atom is -0.381 e. The van der Waals surface area contributed by atoms with Crippen molar-refractivity contribution in [1.82, 2.24) is 0 Å². The summed E-state index contributed by atoms with van der Waals surface area (Å²) < 4.78 is 0. The van der Waals surface area contributed by atoms with E-state index >= 15 is 0 Å². The predicted octanol–water partition coefficient (Wildman–Crippen LogP) is 3.29. The van der Waals surface area contributed by atoms with Crippen LogP contribution in [0.2, 0.25) is 5.02 Å². The van der Waals surface area contributed by atoms with Gasteiger partial charge in [0, 0.05) is 24.7 Å². The summed E-state index contributed by atoms with van der Waals surface area (Å²) in [6.07, 6.45) is 1.15. The van der Waals surface area contributed by atoms with Gasteiger partial charge in [0.15, 0.2) is 0 Å². The number of halogens is 1. The third-order valence-corrected chi connectivity index (χ3v) is 3.49. The topological polar surface area (TPSA) is 15.3 Å². The molecule has 2 rings (SSSR count). The smallest absolute Gasteiger partial charge is 0.0624 e. The van der Waals surface area contributed by atoms with E-state index in [-0.39, 0.29) is 0 Å². The van der Waals surface area contributed by atoms with Crippen LogP contribution in [0.4, 0.5) is 11.4 Å². The van der Waals surface area contributed by atoms with E-state index in [0.29, 0.717) is 6.04 Å². The van der Waals surface area contributed by atoms with E-state index in [1.165, 1.54) is 11.4 Å². The number of nitrogens with one attached hydrogen (secondary N) is 1. The Labute approximate surface area is 96.2 Å². The standard InChI is InChI=1S/C12H17ClN2/c1-8-6-7-15(3)11-5-4-10(13)9(2)12(11)14-8/h4-5,8,14H,6-7H2,1-3H3. The average molecular weight is 225 g/mol. The van der Waals surface area contributed by atoms with Gasteiger partial charge in [0.05, 0.1) is 11.4 Å². The molecule has 1 heterocycles. The molecule has 1 unspecified atom stereocenters. The first-order chi connectivity index (χ1) is 7.09. The molecule has 0 amide bonds. The van der Waals surface area contributed by atoms with Crippen LogP contribution in [0.5, 0.6) is 0 Å². The third kappa shape index (κ3) is 1.91. The molecule has 0 bridgehead atoms. The average Bonchev–Trinajstić information content (AvgIpc) is 2.34. The molecular weight excluding hydrogens is 208 g/mol. The van der Waals surface area contributed by atoms with Crippen LogP contribution >= 0.6 is 11.6 Å². The fourth-order valence-electron chi connectivity index (χ4n) is 2.00. The number of fused-ring (bicyclic) bond motifs is 1. The largest absolute Gasteiger partial charge is 0.381 e. The van der Waals surface area contributed by atoms with Crippen LogP contribution in [-0.4, -0.2) is 19.6 Å². The molecular formula is C12H17ClN2. The van der Waals surface area contributed by atoms with Gasteiger partial charge in [-0.25, -0.2) is 0 Å². The molecule has 2 nitrogen and oxygen atoms in total. The van der Waals surface area contributed by atoms with Gasteiger partial charge in [0.25, 0.3) is 0 Å². The first-order valence-electron chi connectivity index (χ1n) is 5.36. The van der Waals surface area contributed by atoms with Crippen molar-refractivity contribution in [2.24, 2.45) is 0 Å². The first kappa shape index (κ1) is 10.6. The Morgan fingerprint density at radius 1 is 1.47 bits per heavy atom. The van der Waals surface area contributed by atoms with E-state index in [1.54, 1.807) is 0 Å². The lowest BCUT2D eigenvalue weighted by atomic mass is 10.1. The zero-order valence-electron chi connectivity index (χ0n) is 9.47. The molecule has 3 heteroatoms. The van der Waals surface area contributed by atoms with Gasteiger partial charge in [-0.3, -0.25) is 0 Å². The predicted molar refractivity (Wildman–Crippen MR) is 67.2 cm³/mol. The second kappa shape index (κ2) is 3.93. The lowest BCUT2D eigenvalue weighted by Crippen LogP contribution is -2.19. The van der Waals surface area contributed by atoms with Crippen molar-refractivity contribution in [2.75, 3.05) is 23.8 Å². The van der Waals surface area contributed by atoms with Gasteiger partial charge in [-0.1, -0.05) is 11.6 Å². The highest BCUT2D eigenvalue weighted by molar-refractivity contribution is 6.32. The molecule has 1 aliphatic rings. The summed E-state index contributed by atoms with van der Waals surface area (Å²) in [5.74, 6) is 0. The summed E-state index contributed by atoms with van der Waals surface area (Å²) in [6.45, 7) is 5.37. The lowest BCUT2D eigenvalue weighted by molar-refractivity contribution is 0.711. The molecule has 1 aromatic carbocycles. The number of hydrogen-bond donors (Lipinski definition) is 1. The second-order valence-electron chi connectivity index (χ2n) is 4.32. The van der Waals surface area contributed by atoms with Gasteiger partial charge in [0.2, 0.25) is 0 Å². The molecule has 0 saturated heterocycles. The highest BCUT2D eigenvalue weighted by Crippen LogP contribution is 2.35. The summed E-state index contributed by atoms with van der Waals surface area (Å²) in [5.41, 5.74) is 3.59. The SMILES string of the molecule is Cc1c(Cl)ccc2c1NC(C)CCN2C. The highest BCUT2D eigenvalue weighted by Gasteiger charge is 2.18. The van der Waals surface area contributed by atoms with E-state index in [0.717, 1.165) is 23.6 Å². The zero-order valence-corrected chi connectivity index (χ0v) is 10.2. The summed E-state index contributed by atoms with van der Waals surface area (Å²) in [5, 5.41) is 4.37. The fourth-order valence-corrected chi connectivity index (χ4v) is 2.16. The molecule has 0 aromatic heterocycles. The molecule has 0 spiro atoms. The van der Waals surface area contributed by atoms with Gasteiger partial charge >= 0.3 is 0 Å². The number of rotatable bonds is 0. The number of hydrogen-bond acceptors (Lipinski definition) is 2. The molecule has 0 fully saturated rings. The molecule has 1 aromatic rings. The van der Waals surface area contributed by atoms with Gasteiger partial charge in [0.1, 0.15) is 0 Å². The summed E-state index contributed by atoms with van der Waals surface area (Å²) in [7, 11) is 2.13. The van der Waals surface area contributed by atoms with Crippen molar-refractivity contribution in [3.63, 3.8) is 0 Å². The Bertz CT molecular complexity index is 376. The van der Waals surface area contributed by atoms with Crippen molar-refractivity contribution in [1.29, 1.82) is 0 Å². The van der Waals surface area contributed by atoms with E-state index in [1.807, 2.05) is 6.07 Å². The normalized spacial score (nSPS) is 20.5. The van der Waals surface area contributed by atoms with Crippen LogP contribution in [0.3, 0.4) is 0 Å². The van der Waals surface area contributed by atoms with Gasteiger partial charge < -0.3 is 10.2 Å². The molecule has 0 saturated carbocycles. The first-order valence-corrected chi connectivity index (χ1v) is 5.74. The van der Waals surface area contributed by atoms with E-state index in [4.69, 9.17) is 11.6 Å². The van der Waals surface area contributed by atoms with Gasteiger partial charge in [-0.15, -0.1) is 0 Å². The molecule has 1 atom stereocenters. The quantitative estimate of drug-likeness (QED) is 0.728. The number of anilines is 2. The summed E-state index contributed by atoms with van der Waals surface area (Å²) in [4.78, 5) is 2.29. The Kier molecular flexibility index (Phi) is 2.79. The Balaban J connectivity index is 2.52. The molecule has 0 aliphatic carbocycles. The van der Waals surface area contributed by atoms with Crippen molar-refractivity contribution >= 4 is 23.0 Å². The molecule has 15 heavy (non-hydrogen) atoms.